The smallest absolute Gasteiger partial charge is 0.231 e. The molecule has 2 heterocycles. The van der Waals surface area contributed by atoms with Gasteiger partial charge in [0.05, 0.1) is 31.9 Å². The van der Waals surface area contributed by atoms with Crippen molar-refractivity contribution >= 4 is 28.1 Å². The second-order valence-electron chi connectivity index (χ2n) is 9.89. The lowest BCUT2D eigenvalue weighted by molar-refractivity contribution is -0.117. The van der Waals surface area contributed by atoms with Crippen LogP contribution in [-0.2, 0) is 24.1 Å². The zero-order valence-corrected chi connectivity index (χ0v) is 21.7. The molecular weight excluding hydrogens is 481 g/mol. The number of hydrogen-bond acceptors (Lipinski definition) is 5. The van der Waals surface area contributed by atoms with Gasteiger partial charge in [-0.25, -0.2) is 14.4 Å². The van der Waals surface area contributed by atoms with E-state index in [4.69, 9.17) is 9.47 Å². The van der Waals surface area contributed by atoms with Crippen LogP contribution >= 0.6 is 0 Å². The number of amides is 1. The van der Waals surface area contributed by atoms with Gasteiger partial charge in [0.25, 0.3) is 0 Å². The van der Waals surface area contributed by atoms with Crippen LogP contribution in [0.5, 0.6) is 11.5 Å². The minimum Gasteiger partial charge on any atom is -0.493 e. The van der Waals surface area contributed by atoms with Crippen molar-refractivity contribution in [3.63, 3.8) is 0 Å². The maximum atomic E-state index is 13.9. The molecule has 192 valence electrons. The highest BCUT2D eigenvalue weighted by atomic mass is 19.1. The molecule has 7 heteroatoms. The number of hydrogen-bond donors (Lipinski definition) is 0. The summed E-state index contributed by atoms with van der Waals surface area (Å²) >= 11 is 0. The number of fused-ring (bicyclic) bond motifs is 3. The summed E-state index contributed by atoms with van der Waals surface area (Å²) in [5.74, 6) is 1.04. The van der Waals surface area contributed by atoms with Crippen LogP contribution in [0.4, 0.5) is 10.1 Å². The van der Waals surface area contributed by atoms with E-state index in [-0.39, 0.29) is 18.1 Å². The van der Waals surface area contributed by atoms with Crippen LogP contribution in [0, 0.1) is 5.82 Å². The molecule has 0 saturated heterocycles. The van der Waals surface area contributed by atoms with E-state index in [1.807, 2.05) is 36.1 Å². The SMILES string of the molecule is COc1cc2ncnc(Cc3ccc4c(c3)CCN4C(=O)CC3=C(C)Cc4ccc(F)cc43)c2cc1OC. The van der Waals surface area contributed by atoms with Crippen LogP contribution in [-0.4, -0.2) is 36.6 Å². The highest BCUT2D eigenvalue weighted by molar-refractivity contribution is 6.02. The lowest BCUT2D eigenvalue weighted by Crippen LogP contribution is -2.28. The first-order chi connectivity index (χ1) is 18.4. The molecule has 0 unspecified atom stereocenters. The summed E-state index contributed by atoms with van der Waals surface area (Å²) in [7, 11) is 3.22. The lowest BCUT2D eigenvalue weighted by Gasteiger charge is -2.19. The first-order valence-corrected chi connectivity index (χ1v) is 12.7. The van der Waals surface area contributed by atoms with E-state index >= 15 is 0 Å². The molecule has 0 N–H and O–H groups in total. The van der Waals surface area contributed by atoms with E-state index in [1.165, 1.54) is 6.07 Å². The summed E-state index contributed by atoms with van der Waals surface area (Å²) in [6.07, 6.45) is 4.05. The average molecular weight is 510 g/mol. The van der Waals surface area contributed by atoms with Crippen molar-refractivity contribution in [2.24, 2.45) is 0 Å². The van der Waals surface area contributed by atoms with Gasteiger partial charge >= 0.3 is 0 Å². The number of rotatable bonds is 6. The molecule has 4 aromatic rings. The number of aromatic nitrogens is 2. The third-order valence-electron chi connectivity index (χ3n) is 7.63. The quantitative estimate of drug-likeness (QED) is 0.334. The Balaban J connectivity index is 1.23. The summed E-state index contributed by atoms with van der Waals surface area (Å²) in [5, 5.41) is 0.916. The number of ether oxygens (including phenoxy) is 2. The molecule has 3 aromatic carbocycles. The summed E-state index contributed by atoms with van der Waals surface area (Å²) in [6, 6.07) is 14.9. The molecule has 0 bridgehead atoms. The van der Waals surface area contributed by atoms with Crippen molar-refractivity contribution in [1.82, 2.24) is 9.97 Å². The van der Waals surface area contributed by atoms with Crippen molar-refractivity contribution in [3.05, 3.63) is 94.2 Å². The van der Waals surface area contributed by atoms with Crippen molar-refractivity contribution in [2.75, 3.05) is 25.7 Å². The van der Waals surface area contributed by atoms with Crippen molar-refractivity contribution in [3.8, 4) is 11.5 Å². The molecule has 2 aliphatic rings. The lowest BCUT2D eigenvalue weighted by atomic mass is 10.0. The van der Waals surface area contributed by atoms with Crippen LogP contribution in [0.2, 0.25) is 0 Å². The highest BCUT2D eigenvalue weighted by Crippen LogP contribution is 2.38. The molecule has 0 atom stereocenters. The highest BCUT2D eigenvalue weighted by Gasteiger charge is 2.28. The normalized spacial score (nSPS) is 14.2. The van der Waals surface area contributed by atoms with Crippen LogP contribution in [0.3, 0.4) is 0 Å². The molecule has 0 fully saturated rings. The maximum absolute atomic E-state index is 13.9. The Morgan fingerprint density at radius 1 is 1.00 bits per heavy atom. The number of carbonyl (C=O) groups excluding carboxylic acids is 1. The van der Waals surface area contributed by atoms with E-state index in [2.05, 4.69) is 22.1 Å². The standard InChI is InChI=1S/C31H28FN3O3/c1-18-10-20-5-6-22(32)13-24(20)23(18)15-31(36)35-9-8-21-11-19(4-7-28(21)35)12-26-25-14-29(37-2)30(38-3)16-27(25)34-17-33-26/h4-7,11,13-14,16-17H,8-10,12,15H2,1-3H3. The summed E-state index contributed by atoms with van der Waals surface area (Å²) in [6.45, 7) is 2.68. The third kappa shape index (κ3) is 4.18. The maximum Gasteiger partial charge on any atom is 0.231 e. The van der Waals surface area contributed by atoms with Crippen molar-refractivity contribution in [2.45, 2.75) is 32.6 Å². The second-order valence-corrected chi connectivity index (χ2v) is 9.89. The average Bonchev–Trinajstić information content (AvgIpc) is 3.48. The van der Waals surface area contributed by atoms with Gasteiger partial charge in [-0.1, -0.05) is 23.8 Å². The summed E-state index contributed by atoms with van der Waals surface area (Å²) < 4.78 is 24.8. The Bertz CT molecular complexity index is 1630. The summed E-state index contributed by atoms with van der Waals surface area (Å²) in [4.78, 5) is 24.2. The first-order valence-electron chi connectivity index (χ1n) is 12.7. The molecule has 1 aromatic heterocycles. The van der Waals surface area contributed by atoms with Gasteiger partial charge in [0.2, 0.25) is 5.91 Å². The number of carbonyl (C=O) groups is 1. The predicted octanol–water partition coefficient (Wildman–Crippen LogP) is 5.69. The first kappa shape index (κ1) is 24.1. The molecule has 0 saturated carbocycles. The number of methoxy groups -OCH3 is 2. The number of benzene rings is 3. The summed E-state index contributed by atoms with van der Waals surface area (Å²) in [5.41, 5.74) is 8.97. The molecule has 6 rings (SSSR count). The van der Waals surface area contributed by atoms with Gasteiger partial charge in [-0.15, -0.1) is 0 Å². The minimum atomic E-state index is -0.267. The van der Waals surface area contributed by atoms with Crippen LogP contribution in [0.1, 0.15) is 41.3 Å². The molecule has 1 aliphatic heterocycles. The Hall–Kier alpha value is -4.26. The fourth-order valence-electron chi connectivity index (χ4n) is 5.69. The van der Waals surface area contributed by atoms with Gasteiger partial charge < -0.3 is 14.4 Å². The number of nitrogens with zero attached hydrogens (tertiary/aromatic N) is 3. The van der Waals surface area contributed by atoms with Gasteiger partial charge in [0.15, 0.2) is 11.5 Å². The molecule has 1 amide bonds. The van der Waals surface area contributed by atoms with Crippen LogP contribution in [0.15, 0.2) is 60.4 Å². The molecule has 0 spiro atoms. The monoisotopic (exact) mass is 509 g/mol. The van der Waals surface area contributed by atoms with Gasteiger partial charge in [-0.05, 0) is 71.9 Å². The van der Waals surface area contributed by atoms with E-state index in [0.29, 0.717) is 24.5 Å². The molecule has 38 heavy (non-hydrogen) atoms. The van der Waals surface area contributed by atoms with Crippen LogP contribution < -0.4 is 14.4 Å². The van der Waals surface area contributed by atoms with Gasteiger partial charge in [-0.3, -0.25) is 4.79 Å². The van der Waals surface area contributed by atoms with Gasteiger partial charge in [0.1, 0.15) is 12.1 Å². The fourth-order valence-corrected chi connectivity index (χ4v) is 5.69. The minimum absolute atomic E-state index is 0.0470. The zero-order chi connectivity index (χ0) is 26.4. The Morgan fingerprint density at radius 2 is 1.82 bits per heavy atom. The number of halogens is 1. The van der Waals surface area contributed by atoms with E-state index < -0.39 is 0 Å². The van der Waals surface area contributed by atoms with Crippen LogP contribution in [0.25, 0.3) is 16.5 Å². The molecular formula is C31H28FN3O3. The van der Waals surface area contributed by atoms with E-state index in [0.717, 1.165) is 68.5 Å². The second kappa shape index (κ2) is 9.56. The fraction of sp³-hybridized carbons (Fsp3) is 0.258. The van der Waals surface area contributed by atoms with E-state index in [9.17, 15) is 9.18 Å². The molecule has 0 radical (unpaired) electrons. The Kier molecular flexibility index (Phi) is 6.06. The van der Waals surface area contributed by atoms with Gasteiger partial charge in [-0.2, -0.15) is 0 Å². The van der Waals surface area contributed by atoms with Crippen molar-refractivity contribution < 1.29 is 18.7 Å². The molecule has 6 nitrogen and oxygen atoms in total. The number of allylic oxidation sites excluding steroid dienone is 1. The Morgan fingerprint density at radius 3 is 2.63 bits per heavy atom. The largest absolute Gasteiger partial charge is 0.493 e. The van der Waals surface area contributed by atoms with E-state index in [1.54, 1.807) is 26.6 Å². The van der Waals surface area contributed by atoms with Crippen molar-refractivity contribution in [1.29, 1.82) is 0 Å². The molecule has 1 aliphatic carbocycles. The Labute approximate surface area is 220 Å². The van der Waals surface area contributed by atoms with Gasteiger partial charge in [0, 0.05) is 30.1 Å². The number of anilines is 1. The topological polar surface area (TPSA) is 64.6 Å². The zero-order valence-electron chi connectivity index (χ0n) is 21.7. The third-order valence-corrected chi connectivity index (χ3v) is 7.63. The predicted molar refractivity (Wildman–Crippen MR) is 145 cm³/mol.